The molecule has 3 nitrogen and oxygen atoms in total. The zero-order valence-electron chi connectivity index (χ0n) is 13.0. The van der Waals surface area contributed by atoms with Crippen LogP contribution in [0, 0.1) is 5.41 Å². The number of halogens is 1. The standard InChI is InChI=1S/C16H16BrNO2S3/c1-16(2)7-9-12(15(21-3)23-13(9)17)10(8-16)18-20-14(19)11-5-4-6-22-11/h4-6H,7-8H2,1-3H3/b18-10-. The molecular formula is C16H16BrNO2S3. The summed E-state index contributed by atoms with van der Waals surface area (Å²) in [6, 6.07) is 3.58. The lowest BCUT2D eigenvalue weighted by atomic mass is 9.75. The molecule has 122 valence electrons. The van der Waals surface area contributed by atoms with E-state index in [1.165, 1.54) is 21.1 Å². The van der Waals surface area contributed by atoms with Gasteiger partial charge < -0.3 is 4.84 Å². The van der Waals surface area contributed by atoms with E-state index in [2.05, 4.69) is 41.2 Å². The Labute approximate surface area is 156 Å². The molecule has 0 fully saturated rings. The molecule has 2 heterocycles. The minimum atomic E-state index is -0.391. The fraction of sp³-hybridized carbons (Fsp3) is 0.375. The predicted molar refractivity (Wildman–Crippen MR) is 102 cm³/mol. The second kappa shape index (κ2) is 6.70. The molecule has 3 rings (SSSR count). The highest BCUT2D eigenvalue weighted by Crippen LogP contribution is 2.46. The van der Waals surface area contributed by atoms with Crippen LogP contribution in [0.1, 0.15) is 41.1 Å². The molecule has 0 saturated heterocycles. The van der Waals surface area contributed by atoms with Gasteiger partial charge in [0, 0.05) is 5.56 Å². The highest BCUT2D eigenvalue weighted by molar-refractivity contribution is 9.11. The van der Waals surface area contributed by atoms with Crippen LogP contribution in [0.3, 0.4) is 0 Å². The van der Waals surface area contributed by atoms with E-state index in [9.17, 15) is 4.79 Å². The zero-order valence-corrected chi connectivity index (χ0v) is 17.0. The van der Waals surface area contributed by atoms with Gasteiger partial charge in [0.2, 0.25) is 0 Å². The fourth-order valence-electron chi connectivity index (χ4n) is 2.71. The van der Waals surface area contributed by atoms with Crippen LogP contribution in [0.25, 0.3) is 0 Å². The number of carbonyl (C=O) groups excluding carboxylic acids is 1. The lowest BCUT2D eigenvalue weighted by Crippen LogP contribution is -2.27. The van der Waals surface area contributed by atoms with Crippen molar-refractivity contribution < 1.29 is 9.63 Å². The molecule has 0 atom stereocenters. The van der Waals surface area contributed by atoms with Crippen molar-refractivity contribution in [3.05, 3.63) is 37.3 Å². The molecule has 1 aliphatic rings. The van der Waals surface area contributed by atoms with Crippen molar-refractivity contribution in [3.8, 4) is 0 Å². The average molecular weight is 430 g/mol. The SMILES string of the molecule is CSc1sc(Br)c2c1/C(=N\OC(=O)c1cccs1)CC(C)(C)C2. The van der Waals surface area contributed by atoms with Crippen LogP contribution < -0.4 is 0 Å². The lowest BCUT2D eigenvalue weighted by Gasteiger charge is -2.30. The number of thiophene rings is 2. The number of nitrogens with zero attached hydrogens (tertiary/aromatic N) is 1. The number of rotatable bonds is 3. The molecule has 0 amide bonds. The van der Waals surface area contributed by atoms with Crippen molar-refractivity contribution in [2.45, 2.75) is 30.9 Å². The van der Waals surface area contributed by atoms with Gasteiger partial charge in [0.05, 0.1) is 13.7 Å². The van der Waals surface area contributed by atoms with E-state index in [-0.39, 0.29) is 5.41 Å². The second-order valence-electron chi connectivity index (χ2n) is 6.13. The maximum atomic E-state index is 12.1. The molecule has 0 bridgehead atoms. The summed E-state index contributed by atoms with van der Waals surface area (Å²) in [4.78, 5) is 17.8. The molecule has 0 unspecified atom stereocenters. The van der Waals surface area contributed by atoms with Crippen molar-refractivity contribution in [1.82, 2.24) is 0 Å². The maximum absolute atomic E-state index is 12.1. The lowest BCUT2D eigenvalue weighted by molar-refractivity contribution is 0.0519. The average Bonchev–Trinajstić information content (AvgIpc) is 3.12. The van der Waals surface area contributed by atoms with E-state index in [0.717, 1.165) is 27.9 Å². The second-order valence-corrected chi connectivity index (χ2v) is 10.5. The molecule has 2 aromatic heterocycles. The Morgan fingerprint density at radius 3 is 2.87 bits per heavy atom. The smallest absolute Gasteiger partial charge is 0.312 e. The largest absolute Gasteiger partial charge is 0.375 e. The van der Waals surface area contributed by atoms with Crippen LogP contribution in [0.15, 0.2) is 30.7 Å². The van der Waals surface area contributed by atoms with E-state index in [1.54, 1.807) is 29.2 Å². The molecule has 0 radical (unpaired) electrons. The first-order chi connectivity index (χ1) is 10.9. The van der Waals surface area contributed by atoms with Crippen LogP contribution >= 0.6 is 50.4 Å². The van der Waals surface area contributed by atoms with Gasteiger partial charge in [-0.3, -0.25) is 0 Å². The van der Waals surface area contributed by atoms with Gasteiger partial charge in [-0.15, -0.1) is 34.4 Å². The molecule has 0 saturated carbocycles. The summed E-state index contributed by atoms with van der Waals surface area (Å²) in [6.45, 7) is 4.44. The summed E-state index contributed by atoms with van der Waals surface area (Å²) in [5.74, 6) is -0.391. The van der Waals surface area contributed by atoms with E-state index in [4.69, 9.17) is 4.84 Å². The number of carbonyl (C=O) groups is 1. The van der Waals surface area contributed by atoms with Gasteiger partial charge >= 0.3 is 5.97 Å². The van der Waals surface area contributed by atoms with E-state index < -0.39 is 5.97 Å². The zero-order chi connectivity index (χ0) is 16.6. The first-order valence-corrected chi connectivity index (χ1v) is 10.8. The molecule has 2 aromatic rings. The van der Waals surface area contributed by atoms with Crippen molar-refractivity contribution >= 4 is 62.0 Å². The molecule has 0 aliphatic heterocycles. The molecule has 7 heteroatoms. The Hall–Kier alpha value is -0.630. The van der Waals surface area contributed by atoms with Gasteiger partial charge in [0.1, 0.15) is 4.88 Å². The maximum Gasteiger partial charge on any atom is 0.375 e. The molecule has 1 aliphatic carbocycles. The Kier molecular flexibility index (Phi) is 5.01. The van der Waals surface area contributed by atoms with Gasteiger partial charge in [-0.05, 0) is 57.5 Å². The van der Waals surface area contributed by atoms with E-state index in [0.29, 0.717) is 4.88 Å². The monoisotopic (exact) mass is 429 g/mol. The van der Waals surface area contributed by atoms with E-state index in [1.807, 2.05) is 11.4 Å². The third-order valence-electron chi connectivity index (χ3n) is 3.66. The van der Waals surface area contributed by atoms with E-state index >= 15 is 0 Å². The van der Waals surface area contributed by atoms with Gasteiger partial charge in [0.25, 0.3) is 0 Å². The third-order valence-corrected chi connectivity index (χ3v) is 7.62. The highest BCUT2D eigenvalue weighted by Gasteiger charge is 2.35. The summed E-state index contributed by atoms with van der Waals surface area (Å²) in [7, 11) is 0. The summed E-state index contributed by atoms with van der Waals surface area (Å²) < 4.78 is 2.37. The summed E-state index contributed by atoms with van der Waals surface area (Å²) in [5, 5.41) is 6.10. The molecule has 0 N–H and O–H groups in total. The Morgan fingerprint density at radius 2 is 2.22 bits per heavy atom. The van der Waals surface area contributed by atoms with Crippen molar-refractivity contribution in [1.29, 1.82) is 0 Å². The van der Waals surface area contributed by atoms with Crippen LogP contribution in [0.5, 0.6) is 0 Å². The van der Waals surface area contributed by atoms with Crippen molar-refractivity contribution in [2.24, 2.45) is 10.6 Å². The normalized spacial score (nSPS) is 18.0. The number of hydrogen-bond acceptors (Lipinski definition) is 6. The van der Waals surface area contributed by atoms with Crippen molar-refractivity contribution in [2.75, 3.05) is 6.26 Å². The van der Waals surface area contributed by atoms with Gasteiger partial charge in [-0.1, -0.05) is 25.1 Å². The molecule has 23 heavy (non-hydrogen) atoms. The van der Waals surface area contributed by atoms with Crippen LogP contribution in [-0.4, -0.2) is 17.9 Å². The van der Waals surface area contributed by atoms with Crippen LogP contribution in [0.4, 0.5) is 0 Å². The molecule has 0 spiro atoms. The number of fused-ring (bicyclic) bond motifs is 1. The minimum Gasteiger partial charge on any atom is -0.312 e. The Balaban J connectivity index is 1.96. The topological polar surface area (TPSA) is 38.7 Å². The number of thioether (sulfide) groups is 1. The summed E-state index contributed by atoms with van der Waals surface area (Å²) in [6.07, 6.45) is 3.86. The fourth-order valence-corrected chi connectivity index (χ4v) is 6.28. The highest BCUT2D eigenvalue weighted by atomic mass is 79.9. The van der Waals surface area contributed by atoms with Crippen LogP contribution in [0.2, 0.25) is 0 Å². The quantitative estimate of drug-likeness (QED) is 0.350. The van der Waals surface area contributed by atoms with Gasteiger partial charge in [-0.2, -0.15) is 0 Å². The third kappa shape index (κ3) is 3.57. The first-order valence-electron chi connectivity index (χ1n) is 7.08. The first kappa shape index (κ1) is 17.2. The Bertz CT molecular complexity index is 763. The van der Waals surface area contributed by atoms with Crippen molar-refractivity contribution in [3.63, 3.8) is 0 Å². The predicted octanol–water partition coefficient (Wildman–Crippen LogP) is 5.83. The van der Waals surface area contributed by atoms with Gasteiger partial charge in [0.15, 0.2) is 0 Å². The molecule has 0 aromatic carbocycles. The Morgan fingerprint density at radius 1 is 1.43 bits per heavy atom. The summed E-state index contributed by atoms with van der Waals surface area (Å²) in [5.41, 5.74) is 3.39. The molecular weight excluding hydrogens is 414 g/mol. The number of hydrogen-bond donors (Lipinski definition) is 0. The number of oxime groups is 1. The van der Waals surface area contributed by atoms with Gasteiger partial charge in [-0.25, -0.2) is 4.79 Å². The minimum absolute atomic E-state index is 0.0977. The summed E-state index contributed by atoms with van der Waals surface area (Å²) >= 11 is 8.48. The van der Waals surface area contributed by atoms with Crippen LogP contribution in [-0.2, 0) is 11.3 Å².